The number of aromatic nitrogens is 1. The molecule has 0 aliphatic carbocycles. The van der Waals surface area contributed by atoms with Crippen molar-refractivity contribution in [3.63, 3.8) is 0 Å². The van der Waals surface area contributed by atoms with Crippen LogP contribution < -0.4 is 0 Å². The molecule has 0 saturated carbocycles. The molecule has 3 aromatic rings. The van der Waals surface area contributed by atoms with Crippen molar-refractivity contribution < 1.29 is 4.79 Å². The highest BCUT2D eigenvalue weighted by molar-refractivity contribution is 7.99. The summed E-state index contributed by atoms with van der Waals surface area (Å²) in [5, 5.41) is 2.37. The van der Waals surface area contributed by atoms with Crippen LogP contribution in [0.3, 0.4) is 0 Å². The molecule has 3 rings (SSSR count). The lowest BCUT2D eigenvalue weighted by molar-refractivity contribution is 0.112. The van der Waals surface area contributed by atoms with Crippen LogP contribution in [0.5, 0.6) is 0 Å². The Morgan fingerprint density at radius 3 is 2.55 bits per heavy atom. The first-order valence-corrected chi connectivity index (χ1v) is 7.24. The number of benzene rings is 2. The molecule has 1 aromatic heterocycles. The van der Waals surface area contributed by atoms with Gasteiger partial charge in [-0.05, 0) is 36.4 Å². The van der Waals surface area contributed by atoms with E-state index >= 15 is 0 Å². The summed E-state index contributed by atoms with van der Waals surface area (Å²) in [6.07, 6.45) is 0.845. The molecule has 0 spiro atoms. The monoisotopic (exact) mass is 299 g/mol. The van der Waals surface area contributed by atoms with Crippen LogP contribution in [-0.4, -0.2) is 11.3 Å². The molecule has 0 bridgehead atoms. The van der Waals surface area contributed by atoms with E-state index in [1.807, 2.05) is 54.6 Å². The Balaban J connectivity index is 2.05. The quantitative estimate of drug-likeness (QED) is 0.647. The maximum absolute atomic E-state index is 11.2. The van der Waals surface area contributed by atoms with Gasteiger partial charge in [0.2, 0.25) is 0 Å². The van der Waals surface area contributed by atoms with Crippen molar-refractivity contribution >= 4 is 40.6 Å². The van der Waals surface area contributed by atoms with Crippen LogP contribution in [0.2, 0.25) is 5.02 Å². The summed E-state index contributed by atoms with van der Waals surface area (Å²) >= 11 is 7.33. The SMILES string of the molecule is O=Cc1cc2ccccc2nc1Sc1ccc(Cl)cc1. The molecular weight excluding hydrogens is 290 g/mol. The second kappa shape index (κ2) is 5.65. The largest absolute Gasteiger partial charge is 0.298 e. The van der Waals surface area contributed by atoms with Crippen molar-refractivity contribution in [3.8, 4) is 0 Å². The molecule has 0 fully saturated rings. The van der Waals surface area contributed by atoms with Crippen molar-refractivity contribution in [1.29, 1.82) is 0 Å². The number of fused-ring (bicyclic) bond motifs is 1. The Labute approximate surface area is 125 Å². The number of halogens is 1. The highest BCUT2D eigenvalue weighted by atomic mass is 35.5. The molecule has 0 atom stereocenters. The zero-order valence-electron chi connectivity index (χ0n) is 10.4. The first-order chi connectivity index (χ1) is 9.76. The predicted molar refractivity (Wildman–Crippen MR) is 82.7 cm³/mol. The molecule has 98 valence electrons. The van der Waals surface area contributed by atoms with E-state index in [4.69, 9.17) is 11.6 Å². The Kier molecular flexibility index (Phi) is 3.72. The van der Waals surface area contributed by atoms with Gasteiger partial charge >= 0.3 is 0 Å². The van der Waals surface area contributed by atoms with Crippen LogP contribution in [0.4, 0.5) is 0 Å². The zero-order chi connectivity index (χ0) is 13.9. The maximum Gasteiger partial charge on any atom is 0.152 e. The molecule has 2 aromatic carbocycles. The minimum atomic E-state index is 0.601. The number of hydrogen-bond donors (Lipinski definition) is 0. The number of para-hydroxylation sites is 1. The van der Waals surface area contributed by atoms with Gasteiger partial charge in [-0.2, -0.15) is 0 Å². The van der Waals surface area contributed by atoms with Crippen molar-refractivity contribution in [1.82, 2.24) is 4.98 Å². The van der Waals surface area contributed by atoms with Gasteiger partial charge in [-0.25, -0.2) is 4.98 Å². The zero-order valence-corrected chi connectivity index (χ0v) is 12.0. The fourth-order valence-electron chi connectivity index (χ4n) is 1.90. The van der Waals surface area contributed by atoms with E-state index in [-0.39, 0.29) is 0 Å². The second-order valence-corrected chi connectivity index (χ2v) is 5.75. The van der Waals surface area contributed by atoms with Crippen LogP contribution in [-0.2, 0) is 0 Å². The summed E-state index contributed by atoms with van der Waals surface area (Å²) in [5.74, 6) is 0. The van der Waals surface area contributed by atoms with Gasteiger partial charge in [0.1, 0.15) is 5.03 Å². The number of aldehydes is 1. The van der Waals surface area contributed by atoms with Crippen molar-refractivity contribution in [3.05, 3.63) is 65.2 Å². The first kappa shape index (κ1) is 13.2. The van der Waals surface area contributed by atoms with E-state index in [0.29, 0.717) is 15.6 Å². The molecular formula is C16H10ClNOS. The number of hydrogen-bond acceptors (Lipinski definition) is 3. The summed E-state index contributed by atoms with van der Waals surface area (Å²) in [6, 6.07) is 17.1. The Hall–Kier alpha value is -1.84. The van der Waals surface area contributed by atoms with E-state index in [1.54, 1.807) is 0 Å². The summed E-state index contributed by atoms with van der Waals surface area (Å²) in [4.78, 5) is 16.8. The van der Waals surface area contributed by atoms with E-state index in [1.165, 1.54) is 11.8 Å². The van der Waals surface area contributed by atoms with Gasteiger partial charge in [0.25, 0.3) is 0 Å². The second-order valence-electron chi connectivity index (χ2n) is 4.25. The minimum absolute atomic E-state index is 0.601. The lowest BCUT2D eigenvalue weighted by Crippen LogP contribution is -1.91. The number of carbonyl (C=O) groups excluding carboxylic acids is 1. The Morgan fingerprint density at radius 1 is 1.05 bits per heavy atom. The maximum atomic E-state index is 11.2. The van der Waals surface area contributed by atoms with E-state index in [9.17, 15) is 4.79 Å². The summed E-state index contributed by atoms with van der Waals surface area (Å²) in [5.41, 5.74) is 1.48. The van der Waals surface area contributed by atoms with Crippen LogP contribution in [0, 0.1) is 0 Å². The van der Waals surface area contributed by atoms with E-state index in [2.05, 4.69) is 4.98 Å². The van der Waals surface area contributed by atoms with Gasteiger partial charge in [-0.15, -0.1) is 0 Å². The van der Waals surface area contributed by atoms with Gasteiger partial charge in [0.05, 0.1) is 5.52 Å². The van der Waals surface area contributed by atoms with Crippen molar-refractivity contribution in [2.75, 3.05) is 0 Å². The third-order valence-corrected chi connectivity index (χ3v) is 4.15. The lowest BCUT2D eigenvalue weighted by Gasteiger charge is -2.06. The van der Waals surface area contributed by atoms with Crippen LogP contribution >= 0.6 is 23.4 Å². The fraction of sp³-hybridized carbons (Fsp3) is 0. The number of nitrogens with zero attached hydrogens (tertiary/aromatic N) is 1. The summed E-state index contributed by atoms with van der Waals surface area (Å²) in [7, 11) is 0. The van der Waals surface area contributed by atoms with E-state index < -0.39 is 0 Å². The van der Waals surface area contributed by atoms with Crippen molar-refractivity contribution in [2.24, 2.45) is 0 Å². The Morgan fingerprint density at radius 2 is 1.80 bits per heavy atom. The number of pyridine rings is 1. The number of rotatable bonds is 3. The van der Waals surface area contributed by atoms with Gasteiger partial charge in [-0.1, -0.05) is 41.6 Å². The molecule has 0 saturated heterocycles. The molecule has 0 aliphatic rings. The van der Waals surface area contributed by atoms with Gasteiger partial charge in [0, 0.05) is 20.9 Å². The topological polar surface area (TPSA) is 30.0 Å². The molecule has 1 heterocycles. The van der Waals surface area contributed by atoms with Crippen LogP contribution in [0.1, 0.15) is 10.4 Å². The first-order valence-electron chi connectivity index (χ1n) is 6.04. The molecule has 0 N–H and O–H groups in total. The highest BCUT2D eigenvalue weighted by Gasteiger charge is 2.08. The lowest BCUT2D eigenvalue weighted by atomic mass is 10.2. The molecule has 0 amide bonds. The third kappa shape index (κ3) is 2.69. The smallest absolute Gasteiger partial charge is 0.152 e. The molecule has 4 heteroatoms. The van der Waals surface area contributed by atoms with E-state index in [0.717, 1.165) is 22.1 Å². The normalized spacial score (nSPS) is 10.7. The molecule has 2 nitrogen and oxygen atoms in total. The van der Waals surface area contributed by atoms with Crippen molar-refractivity contribution in [2.45, 2.75) is 9.92 Å². The van der Waals surface area contributed by atoms with Gasteiger partial charge in [-0.3, -0.25) is 4.79 Å². The molecule has 0 aliphatic heterocycles. The fourth-order valence-corrected chi connectivity index (χ4v) is 2.89. The van der Waals surface area contributed by atoms with Crippen LogP contribution in [0.15, 0.2) is 64.5 Å². The number of carbonyl (C=O) groups is 1. The standard InChI is InChI=1S/C16H10ClNOS/c17-13-5-7-14(8-6-13)20-16-12(10-19)9-11-3-1-2-4-15(11)18-16/h1-10H. The van der Waals surface area contributed by atoms with Gasteiger partial charge < -0.3 is 0 Å². The highest BCUT2D eigenvalue weighted by Crippen LogP contribution is 2.31. The van der Waals surface area contributed by atoms with Gasteiger partial charge in [0.15, 0.2) is 6.29 Å². The minimum Gasteiger partial charge on any atom is -0.298 e. The summed E-state index contributed by atoms with van der Waals surface area (Å²) < 4.78 is 0. The van der Waals surface area contributed by atoms with Crippen LogP contribution in [0.25, 0.3) is 10.9 Å². The third-order valence-electron chi connectivity index (χ3n) is 2.87. The predicted octanol–water partition coefficient (Wildman–Crippen LogP) is 4.85. The summed E-state index contributed by atoms with van der Waals surface area (Å²) in [6.45, 7) is 0. The molecule has 20 heavy (non-hydrogen) atoms. The Bertz CT molecular complexity index is 771. The average molecular weight is 300 g/mol. The molecule has 0 radical (unpaired) electrons. The molecule has 0 unspecified atom stereocenters. The average Bonchev–Trinajstić information content (AvgIpc) is 2.49.